The van der Waals surface area contributed by atoms with Gasteiger partial charge < -0.3 is 14.3 Å². The molecule has 2 aromatic rings. The van der Waals surface area contributed by atoms with Gasteiger partial charge in [-0.3, -0.25) is 9.59 Å². The van der Waals surface area contributed by atoms with Gasteiger partial charge in [-0.1, -0.05) is 11.2 Å². The summed E-state index contributed by atoms with van der Waals surface area (Å²) in [7, 11) is 1.72. The molecule has 23 heavy (non-hydrogen) atoms. The molecule has 1 aromatic carbocycles. The molecule has 1 saturated heterocycles. The van der Waals surface area contributed by atoms with E-state index in [1.54, 1.807) is 29.0 Å². The number of carbonyl (C=O) groups is 2. The third-order valence-electron chi connectivity index (χ3n) is 3.90. The number of hydrogen-bond acceptors (Lipinski definition) is 4. The Morgan fingerprint density at radius 2 is 2.22 bits per heavy atom. The van der Waals surface area contributed by atoms with Crippen LogP contribution in [0.4, 0.5) is 5.69 Å². The van der Waals surface area contributed by atoms with Crippen LogP contribution >= 0.6 is 0 Å². The standard InChI is InChI=1S/C17H19N3O3/c1-12-9-14(18-23-12)11-19(2)17(22)13-5-3-6-15(10-13)20-8-4-7-16(20)21/h3,5-6,9-10H,4,7-8,11H2,1-2H3. The lowest BCUT2D eigenvalue weighted by Crippen LogP contribution is -2.27. The zero-order chi connectivity index (χ0) is 16.4. The number of anilines is 1. The first-order valence-corrected chi connectivity index (χ1v) is 7.62. The average molecular weight is 313 g/mol. The molecule has 2 amide bonds. The van der Waals surface area contributed by atoms with E-state index in [2.05, 4.69) is 5.16 Å². The fraction of sp³-hybridized carbons (Fsp3) is 0.353. The monoisotopic (exact) mass is 313 g/mol. The molecule has 6 heteroatoms. The Morgan fingerprint density at radius 3 is 2.87 bits per heavy atom. The van der Waals surface area contributed by atoms with Gasteiger partial charge in [0.25, 0.3) is 5.91 Å². The highest BCUT2D eigenvalue weighted by Crippen LogP contribution is 2.23. The van der Waals surface area contributed by atoms with Gasteiger partial charge in [0, 0.05) is 37.3 Å². The van der Waals surface area contributed by atoms with E-state index < -0.39 is 0 Å². The van der Waals surface area contributed by atoms with Crippen molar-refractivity contribution < 1.29 is 14.1 Å². The van der Waals surface area contributed by atoms with Crippen LogP contribution < -0.4 is 4.90 Å². The van der Waals surface area contributed by atoms with Gasteiger partial charge in [-0.25, -0.2) is 0 Å². The van der Waals surface area contributed by atoms with Crippen LogP contribution in [0.15, 0.2) is 34.9 Å². The molecule has 0 N–H and O–H groups in total. The molecule has 3 rings (SSSR count). The molecule has 0 atom stereocenters. The smallest absolute Gasteiger partial charge is 0.254 e. The van der Waals surface area contributed by atoms with Gasteiger partial charge in [-0.2, -0.15) is 0 Å². The van der Waals surface area contributed by atoms with Crippen LogP contribution in [-0.4, -0.2) is 35.5 Å². The van der Waals surface area contributed by atoms with Gasteiger partial charge in [0.2, 0.25) is 5.91 Å². The van der Waals surface area contributed by atoms with Crippen molar-refractivity contribution in [1.82, 2.24) is 10.1 Å². The Labute approximate surface area is 134 Å². The second-order valence-electron chi connectivity index (χ2n) is 5.79. The molecule has 0 saturated carbocycles. The summed E-state index contributed by atoms with van der Waals surface area (Å²) < 4.78 is 5.02. The Morgan fingerprint density at radius 1 is 1.39 bits per heavy atom. The van der Waals surface area contributed by atoms with Crippen molar-refractivity contribution in [3.05, 3.63) is 47.3 Å². The summed E-state index contributed by atoms with van der Waals surface area (Å²) in [5.74, 6) is 0.718. The summed E-state index contributed by atoms with van der Waals surface area (Å²) in [5, 5.41) is 3.90. The lowest BCUT2D eigenvalue weighted by atomic mass is 10.1. The third-order valence-corrected chi connectivity index (χ3v) is 3.90. The molecular weight excluding hydrogens is 294 g/mol. The highest BCUT2D eigenvalue weighted by atomic mass is 16.5. The van der Waals surface area contributed by atoms with Gasteiger partial charge in [-0.05, 0) is 31.5 Å². The lowest BCUT2D eigenvalue weighted by Gasteiger charge is -2.19. The summed E-state index contributed by atoms with van der Waals surface area (Å²) >= 11 is 0. The molecule has 1 aliphatic rings. The van der Waals surface area contributed by atoms with Crippen LogP contribution in [-0.2, 0) is 11.3 Å². The normalized spacial score (nSPS) is 14.3. The van der Waals surface area contributed by atoms with Crippen molar-refractivity contribution >= 4 is 17.5 Å². The van der Waals surface area contributed by atoms with Gasteiger partial charge in [0.1, 0.15) is 11.5 Å². The zero-order valence-electron chi connectivity index (χ0n) is 13.3. The van der Waals surface area contributed by atoms with Gasteiger partial charge in [0.15, 0.2) is 0 Å². The molecule has 0 unspecified atom stereocenters. The van der Waals surface area contributed by atoms with Crippen LogP contribution in [0, 0.1) is 6.92 Å². The van der Waals surface area contributed by atoms with Crippen LogP contribution in [0.1, 0.15) is 34.7 Å². The van der Waals surface area contributed by atoms with Crippen molar-refractivity contribution in [2.75, 3.05) is 18.5 Å². The maximum atomic E-state index is 12.6. The minimum atomic E-state index is -0.112. The van der Waals surface area contributed by atoms with Gasteiger partial charge >= 0.3 is 0 Å². The molecular formula is C17H19N3O3. The van der Waals surface area contributed by atoms with E-state index in [0.29, 0.717) is 30.8 Å². The molecule has 0 radical (unpaired) electrons. The summed E-state index contributed by atoms with van der Waals surface area (Å²) in [6, 6.07) is 9.01. The molecule has 1 aromatic heterocycles. The topological polar surface area (TPSA) is 66.7 Å². The number of nitrogens with zero attached hydrogens (tertiary/aromatic N) is 3. The van der Waals surface area contributed by atoms with E-state index in [9.17, 15) is 9.59 Å². The summed E-state index contributed by atoms with van der Waals surface area (Å²) in [4.78, 5) is 27.7. The molecule has 0 aliphatic carbocycles. The van der Waals surface area contributed by atoms with Crippen molar-refractivity contribution in [2.24, 2.45) is 0 Å². The molecule has 1 fully saturated rings. The number of aromatic nitrogens is 1. The van der Waals surface area contributed by atoms with Crippen LogP contribution in [0.25, 0.3) is 0 Å². The number of benzene rings is 1. The fourth-order valence-electron chi connectivity index (χ4n) is 2.76. The summed E-state index contributed by atoms with van der Waals surface area (Å²) in [5.41, 5.74) is 2.05. The number of carbonyl (C=O) groups excluding carboxylic acids is 2. The van der Waals surface area contributed by atoms with E-state index in [-0.39, 0.29) is 11.8 Å². The van der Waals surface area contributed by atoms with Crippen LogP contribution in [0.2, 0.25) is 0 Å². The highest BCUT2D eigenvalue weighted by molar-refractivity contribution is 5.98. The van der Waals surface area contributed by atoms with Crippen molar-refractivity contribution in [1.29, 1.82) is 0 Å². The predicted molar refractivity (Wildman–Crippen MR) is 85.1 cm³/mol. The molecule has 6 nitrogen and oxygen atoms in total. The first-order chi connectivity index (χ1) is 11.0. The largest absolute Gasteiger partial charge is 0.361 e. The second kappa shape index (κ2) is 6.24. The zero-order valence-corrected chi connectivity index (χ0v) is 13.3. The highest BCUT2D eigenvalue weighted by Gasteiger charge is 2.23. The van der Waals surface area contributed by atoms with E-state index in [1.165, 1.54) is 0 Å². The number of hydrogen-bond donors (Lipinski definition) is 0. The van der Waals surface area contributed by atoms with Crippen LogP contribution in [0.5, 0.6) is 0 Å². The molecule has 0 bridgehead atoms. The van der Waals surface area contributed by atoms with Crippen molar-refractivity contribution in [2.45, 2.75) is 26.3 Å². The molecule has 1 aliphatic heterocycles. The van der Waals surface area contributed by atoms with Crippen molar-refractivity contribution in [3.63, 3.8) is 0 Å². The molecule has 120 valence electrons. The van der Waals surface area contributed by atoms with E-state index >= 15 is 0 Å². The van der Waals surface area contributed by atoms with Gasteiger partial charge in [0.05, 0.1) is 6.54 Å². The minimum absolute atomic E-state index is 0.112. The van der Waals surface area contributed by atoms with Crippen molar-refractivity contribution in [3.8, 4) is 0 Å². The second-order valence-corrected chi connectivity index (χ2v) is 5.79. The Hall–Kier alpha value is -2.63. The number of rotatable bonds is 4. The molecule has 2 heterocycles. The Bertz CT molecular complexity index is 738. The summed E-state index contributed by atoms with van der Waals surface area (Å²) in [6.07, 6.45) is 1.44. The average Bonchev–Trinajstić information content (AvgIpc) is 3.15. The van der Waals surface area contributed by atoms with E-state index in [4.69, 9.17) is 4.52 Å². The molecule has 0 spiro atoms. The van der Waals surface area contributed by atoms with Gasteiger partial charge in [-0.15, -0.1) is 0 Å². The lowest BCUT2D eigenvalue weighted by molar-refractivity contribution is -0.117. The quantitative estimate of drug-likeness (QED) is 0.869. The van der Waals surface area contributed by atoms with Crippen LogP contribution in [0.3, 0.4) is 0 Å². The Balaban J connectivity index is 1.75. The SMILES string of the molecule is Cc1cc(CN(C)C(=O)c2cccc(N3CCCC3=O)c2)no1. The maximum Gasteiger partial charge on any atom is 0.254 e. The predicted octanol–water partition coefficient (Wildman–Crippen LogP) is 2.38. The third kappa shape index (κ3) is 3.26. The first-order valence-electron chi connectivity index (χ1n) is 7.62. The Kier molecular flexibility index (Phi) is 4.14. The fourth-order valence-corrected chi connectivity index (χ4v) is 2.76. The van der Waals surface area contributed by atoms with E-state index in [0.717, 1.165) is 17.9 Å². The number of aryl methyl sites for hydroxylation is 1. The summed E-state index contributed by atoms with van der Waals surface area (Å²) in [6.45, 7) is 2.91. The number of amides is 2. The minimum Gasteiger partial charge on any atom is -0.361 e. The first kappa shape index (κ1) is 15.3. The van der Waals surface area contributed by atoms with E-state index in [1.807, 2.05) is 25.1 Å². The maximum absolute atomic E-state index is 12.6.